The van der Waals surface area contributed by atoms with E-state index in [4.69, 9.17) is 4.74 Å². The lowest BCUT2D eigenvalue weighted by Crippen LogP contribution is -2.47. The zero-order chi connectivity index (χ0) is 22.0. The van der Waals surface area contributed by atoms with Crippen LogP contribution in [0, 0.1) is 17.5 Å². The number of ether oxygens (including phenoxy) is 1. The third-order valence-electron chi connectivity index (χ3n) is 5.74. The van der Waals surface area contributed by atoms with Gasteiger partial charge in [0.15, 0.2) is 17.5 Å². The molecule has 0 saturated carbocycles. The fraction of sp³-hybridized carbons (Fsp3) is 0.304. The van der Waals surface area contributed by atoms with Gasteiger partial charge in [0, 0.05) is 30.8 Å². The summed E-state index contributed by atoms with van der Waals surface area (Å²) in [6, 6.07) is 11.3. The zero-order valence-corrected chi connectivity index (χ0v) is 16.6. The van der Waals surface area contributed by atoms with Crippen molar-refractivity contribution in [2.75, 3.05) is 19.7 Å². The predicted molar refractivity (Wildman–Crippen MR) is 107 cm³/mol. The van der Waals surface area contributed by atoms with Gasteiger partial charge in [0.25, 0.3) is 0 Å². The van der Waals surface area contributed by atoms with Gasteiger partial charge in [-0.3, -0.25) is 9.69 Å². The van der Waals surface area contributed by atoms with Crippen LogP contribution in [0.5, 0.6) is 0 Å². The molecule has 2 amide bonds. The van der Waals surface area contributed by atoms with Crippen LogP contribution in [0.2, 0.25) is 0 Å². The third-order valence-corrected chi connectivity index (χ3v) is 5.74. The summed E-state index contributed by atoms with van der Waals surface area (Å²) in [7, 11) is 0. The van der Waals surface area contributed by atoms with E-state index in [1.165, 1.54) is 0 Å². The average Bonchev–Trinajstić information content (AvgIpc) is 3.19. The number of rotatable bonds is 4. The van der Waals surface area contributed by atoms with Gasteiger partial charge in [0.2, 0.25) is 5.91 Å². The Morgan fingerprint density at radius 1 is 1.00 bits per heavy atom. The van der Waals surface area contributed by atoms with Crippen LogP contribution >= 0.6 is 0 Å². The summed E-state index contributed by atoms with van der Waals surface area (Å²) in [6.07, 6.45) is 3.09. The maximum Gasteiger partial charge on any atom is 0.410 e. The van der Waals surface area contributed by atoms with Crippen LogP contribution in [0.25, 0.3) is 6.08 Å². The van der Waals surface area contributed by atoms with Gasteiger partial charge >= 0.3 is 6.09 Å². The Morgan fingerprint density at radius 3 is 2.42 bits per heavy atom. The van der Waals surface area contributed by atoms with Gasteiger partial charge in [0.05, 0.1) is 6.04 Å². The van der Waals surface area contributed by atoms with Crippen LogP contribution in [0.4, 0.5) is 18.0 Å². The molecular formula is C23H21F3N2O3. The maximum absolute atomic E-state index is 13.8. The number of amides is 2. The minimum atomic E-state index is -1.57. The molecule has 4 rings (SSSR count). The molecule has 31 heavy (non-hydrogen) atoms. The number of hydrogen-bond acceptors (Lipinski definition) is 3. The number of halogens is 3. The number of nitrogens with zero attached hydrogens (tertiary/aromatic N) is 2. The average molecular weight is 430 g/mol. The van der Waals surface area contributed by atoms with E-state index in [-0.39, 0.29) is 29.6 Å². The van der Waals surface area contributed by atoms with Crippen LogP contribution in [-0.4, -0.2) is 47.5 Å². The molecule has 2 aliphatic heterocycles. The predicted octanol–water partition coefficient (Wildman–Crippen LogP) is 4.30. The number of carbonyl (C=O) groups is 2. The van der Waals surface area contributed by atoms with Gasteiger partial charge < -0.3 is 9.64 Å². The molecule has 8 heteroatoms. The van der Waals surface area contributed by atoms with Crippen molar-refractivity contribution >= 4 is 18.1 Å². The van der Waals surface area contributed by atoms with Gasteiger partial charge in [-0.05, 0) is 36.6 Å². The summed E-state index contributed by atoms with van der Waals surface area (Å²) < 4.78 is 45.4. The molecule has 1 unspecified atom stereocenters. The zero-order valence-electron chi connectivity index (χ0n) is 16.6. The van der Waals surface area contributed by atoms with Gasteiger partial charge in [0.1, 0.15) is 6.61 Å². The molecule has 0 bridgehead atoms. The Morgan fingerprint density at radius 2 is 1.71 bits per heavy atom. The first kappa shape index (κ1) is 21.0. The van der Waals surface area contributed by atoms with Crippen LogP contribution in [0.1, 0.15) is 30.0 Å². The summed E-state index contributed by atoms with van der Waals surface area (Å²) in [5.41, 5.74) is 0.802. The van der Waals surface area contributed by atoms with Gasteiger partial charge in [-0.15, -0.1) is 0 Å². The van der Waals surface area contributed by atoms with Crippen LogP contribution < -0.4 is 0 Å². The molecule has 162 valence electrons. The first-order valence-corrected chi connectivity index (χ1v) is 10.1. The van der Waals surface area contributed by atoms with Crippen molar-refractivity contribution in [1.29, 1.82) is 0 Å². The standard InChI is InChI=1S/C23H21F3N2O3/c24-18-8-6-16(21(25)22(18)26)7-9-20(29)27-12-10-17(11-13-27)28-19(14-31-23(28)30)15-4-2-1-3-5-15/h1-9,17,19H,10-14H2. The fourth-order valence-electron chi connectivity index (χ4n) is 4.07. The topological polar surface area (TPSA) is 49.9 Å². The summed E-state index contributed by atoms with van der Waals surface area (Å²) in [5.74, 6) is -4.54. The van der Waals surface area contributed by atoms with Crippen LogP contribution in [-0.2, 0) is 9.53 Å². The van der Waals surface area contributed by atoms with E-state index in [1.807, 2.05) is 30.3 Å². The molecule has 0 N–H and O–H groups in total. The lowest BCUT2D eigenvalue weighted by molar-refractivity contribution is -0.127. The van der Waals surface area contributed by atoms with E-state index in [0.29, 0.717) is 32.5 Å². The molecule has 1 atom stereocenters. The smallest absolute Gasteiger partial charge is 0.410 e. The number of cyclic esters (lactones) is 1. The van der Waals surface area contributed by atoms with Crippen molar-refractivity contribution in [3.63, 3.8) is 0 Å². The minimum Gasteiger partial charge on any atom is -0.447 e. The van der Waals surface area contributed by atoms with E-state index >= 15 is 0 Å². The SMILES string of the molecule is O=C(C=Cc1ccc(F)c(F)c1F)N1CCC(N2C(=O)OCC2c2ccccc2)CC1. The van der Waals surface area contributed by atoms with E-state index in [2.05, 4.69) is 0 Å². The summed E-state index contributed by atoms with van der Waals surface area (Å²) in [6.45, 7) is 1.13. The molecule has 2 fully saturated rings. The largest absolute Gasteiger partial charge is 0.447 e. The molecule has 0 radical (unpaired) electrons. The number of benzene rings is 2. The van der Waals surface area contributed by atoms with Crippen molar-refractivity contribution < 1.29 is 27.5 Å². The van der Waals surface area contributed by atoms with E-state index < -0.39 is 17.5 Å². The second kappa shape index (κ2) is 8.83. The van der Waals surface area contributed by atoms with E-state index in [1.54, 1.807) is 9.80 Å². The van der Waals surface area contributed by atoms with Gasteiger partial charge in [-0.1, -0.05) is 30.3 Å². The molecule has 2 heterocycles. The molecule has 2 aliphatic rings. The lowest BCUT2D eigenvalue weighted by Gasteiger charge is -2.37. The Hall–Kier alpha value is -3.29. The number of carbonyl (C=O) groups excluding carboxylic acids is 2. The highest BCUT2D eigenvalue weighted by Crippen LogP contribution is 2.33. The van der Waals surface area contributed by atoms with Gasteiger partial charge in [-0.2, -0.15) is 0 Å². The summed E-state index contributed by atoms with van der Waals surface area (Å²) >= 11 is 0. The highest BCUT2D eigenvalue weighted by molar-refractivity contribution is 5.91. The Balaban J connectivity index is 1.38. The van der Waals surface area contributed by atoms with Crippen molar-refractivity contribution in [3.05, 3.63) is 77.1 Å². The first-order chi connectivity index (χ1) is 15.0. The monoisotopic (exact) mass is 430 g/mol. The van der Waals surface area contributed by atoms with Gasteiger partial charge in [-0.25, -0.2) is 18.0 Å². The molecule has 0 aliphatic carbocycles. The van der Waals surface area contributed by atoms with Crippen molar-refractivity contribution in [2.24, 2.45) is 0 Å². The molecule has 0 aromatic heterocycles. The second-order valence-electron chi connectivity index (χ2n) is 7.57. The quantitative estimate of drug-likeness (QED) is 0.537. The highest BCUT2D eigenvalue weighted by atomic mass is 19.2. The molecule has 2 aromatic rings. The maximum atomic E-state index is 13.8. The third kappa shape index (κ3) is 4.28. The van der Waals surface area contributed by atoms with Crippen LogP contribution in [0.15, 0.2) is 48.5 Å². The second-order valence-corrected chi connectivity index (χ2v) is 7.57. The molecule has 2 aromatic carbocycles. The fourth-order valence-corrected chi connectivity index (χ4v) is 4.07. The van der Waals surface area contributed by atoms with E-state index in [9.17, 15) is 22.8 Å². The molecule has 5 nitrogen and oxygen atoms in total. The Kier molecular flexibility index (Phi) is 5.97. The molecular weight excluding hydrogens is 409 g/mol. The summed E-state index contributed by atoms with van der Waals surface area (Å²) in [5, 5.41) is 0. The van der Waals surface area contributed by atoms with E-state index in [0.717, 1.165) is 29.8 Å². The molecule has 2 saturated heterocycles. The number of hydrogen-bond donors (Lipinski definition) is 0. The highest BCUT2D eigenvalue weighted by Gasteiger charge is 2.40. The summed E-state index contributed by atoms with van der Waals surface area (Å²) in [4.78, 5) is 28.1. The van der Waals surface area contributed by atoms with Crippen molar-refractivity contribution in [2.45, 2.75) is 24.9 Å². The minimum absolute atomic E-state index is 0.0584. The Labute approximate surface area is 177 Å². The number of likely N-dealkylation sites (tertiary alicyclic amines) is 1. The normalized spacial score (nSPS) is 19.8. The Bertz CT molecular complexity index is 1000. The molecule has 0 spiro atoms. The van der Waals surface area contributed by atoms with Crippen LogP contribution in [0.3, 0.4) is 0 Å². The first-order valence-electron chi connectivity index (χ1n) is 10.1. The van der Waals surface area contributed by atoms with Crippen molar-refractivity contribution in [3.8, 4) is 0 Å². The van der Waals surface area contributed by atoms with Crippen molar-refractivity contribution in [1.82, 2.24) is 9.80 Å². The lowest BCUT2D eigenvalue weighted by atomic mass is 9.99. The number of piperidine rings is 1.